The average Bonchev–Trinajstić information content (AvgIpc) is 3.56. The van der Waals surface area contributed by atoms with Gasteiger partial charge < -0.3 is 25.2 Å². The highest BCUT2D eigenvalue weighted by Crippen LogP contribution is 2.44. The van der Waals surface area contributed by atoms with E-state index in [-0.39, 0.29) is 23.6 Å². The zero-order valence-corrected chi connectivity index (χ0v) is 17.7. The van der Waals surface area contributed by atoms with Crippen LogP contribution in [0.5, 0.6) is 11.8 Å². The summed E-state index contributed by atoms with van der Waals surface area (Å²) in [5, 5.41) is 14.2. The molecular weight excluding hydrogens is 419 g/mol. The minimum atomic E-state index is -4.73. The molecule has 1 aliphatic carbocycles. The molecule has 1 aromatic rings. The smallest absolute Gasteiger partial charge is 0.414 e. The molecule has 0 radical (unpaired) electrons. The minimum absolute atomic E-state index is 0.0609. The van der Waals surface area contributed by atoms with Gasteiger partial charge in [0.25, 0.3) is 0 Å². The lowest BCUT2D eigenvalue weighted by Crippen LogP contribution is -2.58. The van der Waals surface area contributed by atoms with Crippen molar-refractivity contribution in [1.29, 1.82) is 0 Å². The van der Waals surface area contributed by atoms with Gasteiger partial charge in [-0.2, -0.15) is 18.2 Å². The van der Waals surface area contributed by atoms with Crippen molar-refractivity contribution < 1.29 is 37.3 Å². The molecule has 0 aromatic carbocycles. The van der Waals surface area contributed by atoms with Gasteiger partial charge in [0.05, 0.1) is 6.61 Å². The van der Waals surface area contributed by atoms with Crippen molar-refractivity contribution in [3.63, 3.8) is 0 Å². The molecule has 31 heavy (non-hydrogen) atoms. The van der Waals surface area contributed by atoms with Gasteiger partial charge >= 0.3 is 12.3 Å². The lowest BCUT2D eigenvalue weighted by atomic mass is 9.92. The topological polar surface area (TPSA) is 110 Å². The first-order chi connectivity index (χ1) is 14.6. The van der Waals surface area contributed by atoms with Crippen molar-refractivity contribution in [3.05, 3.63) is 17.7 Å². The van der Waals surface area contributed by atoms with E-state index in [0.29, 0.717) is 18.4 Å². The van der Waals surface area contributed by atoms with Crippen LogP contribution in [0, 0.1) is 0 Å². The Kier molecular flexibility index (Phi) is 8.10. The van der Waals surface area contributed by atoms with Crippen LogP contribution < -0.4 is 20.1 Å². The second-order valence-electron chi connectivity index (χ2n) is 7.40. The first-order valence-electron chi connectivity index (χ1n) is 10.2. The summed E-state index contributed by atoms with van der Waals surface area (Å²) in [5.74, 6) is -0.241. The Balaban J connectivity index is 2.09. The Hall–Kier alpha value is -2.56. The fourth-order valence-corrected chi connectivity index (χ4v) is 3.10. The van der Waals surface area contributed by atoms with Crippen molar-refractivity contribution >= 4 is 12.0 Å². The Labute approximate surface area is 178 Å². The quantitative estimate of drug-likeness (QED) is 0.509. The fraction of sp³-hybridized carbons (Fsp3) is 0.650. The number of alkyl halides is 3. The normalized spacial score (nSPS) is 15.2. The Bertz CT molecular complexity index is 780. The number of likely N-dealkylation sites (N-methyl/N-ethyl adjacent to an activating group) is 1. The van der Waals surface area contributed by atoms with Crippen LogP contribution in [-0.4, -0.2) is 53.6 Å². The number of hydrogen-bond acceptors (Lipinski definition) is 6. The van der Waals surface area contributed by atoms with Gasteiger partial charge in [-0.15, -0.1) is 0 Å². The number of aliphatic hydroxyl groups is 1. The highest BCUT2D eigenvalue weighted by atomic mass is 19.4. The van der Waals surface area contributed by atoms with E-state index in [2.05, 4.69) is 15.6 Å². The molecule has 1 atom stereocenters. The number of halogens is 3. The van der Waals surface area contributed by atoms with E-state index in [1.165, 1.54) is 13.1 Å². The zero-order valence-electron chi connectivity index (χ0n) is 17.7. The van der Waals surface area contributed by atoms with E-state index in [9.17, 15) is 22.8 Å². The van der Waals surface area contributed by atoms with E-state index in [1.54, 1.807) is 19.9 Å². The molecule has 1 heterocycles. The Morgan fingerprint density at radius 2 is 1.90 bits per heavy atom. The van der Waals surface area contributed by atoms with E-state index < -0.39 is 36.9 Å². The van der Waals surface area contributed by atoms with Crippen molar-refractivity contribution in [2.45, 2.75) is 69.7 Å². The third-order valence-corrected chi connectivity index (χ3v) is 5.30. The highest BCUT2D eigenvalue weighted by Gasteiger charge is 2.38. The fourth-order valence-electron chi connectivity index (χ4n) is 3.10. The molecule has 2 rings (SSSR count). The number of nitrogens with zero attached hydrogens (tertiary/aromatic N) is 1. The van der Waals surface area contributed by atoms with Crippen LogP contribution in [0.4, 0.5) is 18.0 Å². The van der Waals surface area contributed by atoms with Gasteiger partial charge in [0.1, 0.15) is 5.54 Å². The number of hydrogen-bond donors (Lipinski definition) is 3. The highest BCUT2D eigenvalue weighted by molar-refractivity contribution is 5.90. The average molecular weight is 447 g/mol. The van der Waals surface area contributed by atoms with E-state index in [4.69, 9.17) is 14.6 Å². The second-order valence-corrected chi connectivity index (χ2v) is 7.40. The first-order valence-corrected chi connectivity index (χ1v) is 10.2. The predicted octanol–water partition coefficient (Wildman–Crippen LogP) is 3.04. The van der Waals surface area contributed by atoms with Crippen LogP contribution in [0.1, 0.15) is 57.4 Å². The molecule has 1 fully saturated rings. The van der Waals surface area contributed by atoms with Crippen molar-refractivity contribution in [2.75, 3.05) is 13.7 Å². The number of amides is 2. The Morgan fingerprint density at radius 3 is 2.42 bits per heavy atom. The zero-order chi connectivity index (χ0) is 23.2. The maximum Gasteiger partial charge on any atom is 0.414 e. The number of carbonyl (C=O) groups is 2. The van der Waals surface area contributed by atoms with Gasteiger partial charge in [0.2, 0.25) is 17.7 Å². The summed E-state index contributed by atoms with van der Waals surface area (Å²) in [7, 11) is 1.47. The third-order valence-electron chi connectivity index (χ3n) is 5.30. The molecule has 0 spiro atoms. The monoisotopic (exact) mass is 447 g/mol. The molecule has 1 aliphatic rings. The standard InChI is InChI=1S/C20H28F3N3O5/c1-4-19(5-2,17(28)24-3)26-18(29)31-15-9-8-13(12-6-7-12)16(25-15)30-11-10-14(27)20(21,22)23/h8-9,12,14,27H,4-7,10-11H2,1-3H3,(H,24,28)(H,26,29)/t14-/m0/s1. The summed E-state index contributed by atoms with van der Waals surface area (Å²) in [4.78, 5) is 28.7. The number of carbonyl (C=O) groups excluding carboxylic acids is 2. The van der Waals surface area contributed by atoms with Gasteiger partial charge in [-0.05, 0) is 37.7 Å². The third kappa shape index (κ3) is 6.46. The lowest BCUT2D eigenvalue weighted by Gasteiger charge is -2.30. The molecule has 174 valence electrons. The summed E-state index contributed by atoms with van der Waals surface area (Å²) < 4.78 is 48.0. The van der Waals surface area contributed by atoms with Gasteiger partial charge in [0.15, 0.2) is 6.10 Å². The maximum absolute atomic E-state index is 12.5. The maximum atomic E-state index is 12.5. The summed E-state index contributed by atoms with van der Waals surface area (Å²) in [5.41, 5.74) is -0.441. The number of nitrogens with one attached hydrogen (secondary N) is 2. The number of rotatable bonds is 10. The molecule has 11 heteroatoms. The predicted molar refractivity (Wildman–Crippen MR) is 105 cm³/mol. The number of aromatic nitrogens is 1. The molecule has 2 amide bonds. The summed E-state index contributed by atoms with van der Waals surface area (Å²) in [6.07, 6.45) is -6.31. The molecule has 1 saturated carbocycles. The largest absolute Gasteiger partial charge is 0.477 e. The van der Waals surface area contributed by atoms with E-state index in [1.807, 2.05) is 0 Å². The van der Waals surface area contributed by atoms with Crippen LogP contribution in [0.25, 0.3) is 0 Å². The SMILES string of the molecule is CCC(CC)(NC(=O)Oc1ccc(C2CC2)c(OCC[C@H](O)C(F)(F)F)n1)C(=O)NC. The van der Waals surface area contributed by atoms with Crippen LogP contribution in [0.3, 0.4) is 0 Å². The molecule has 1 aromatic heterocycles. The molecule has 0 unspecified atom stereocenters. The second kappa shape index (κ2) is 10.2. The first kappa shape index (κ1) is 24.7. The number of pyridine rings is 1. The van der Waals surface area contributed by atoms with Crippen LogP contribution >= 0.6 is 0 Å². The van der Waals surface area contributed by atoms with E-state index in [0.717, 1.165) is 12.8 Å². The van der Waals surface area contributed by atoms with Gasteiger partial charge in [-0.1, -0.05) is 13.8 Å². The summed E-state index contributed by atoms with van der Waals surface area (Å²) >= 11 is 0. The lowest BCUT2D eigenvalue weighted by molar-refractivity contribution is -0.206. The molecule has 0 bridgehead atoms. The summed E-state index contributed by atoms with van der Waals surface area (Å²) in [6.45, 7) is 3.10. The van der Waals surface area contributed by atoms with Crippen molar-refractivity contribution in [2.24, 2.45) is 0 Å². The minimum Gasteiger partial charge on any atom is -0.477 e. The molecular formula is C20H28F3N3O5. The molecule has 8 nitrogen and oxygen atoms in total. The van der Waals surface area contributed by atoms with Crippen LogP contribution in [-0.2, 0) is 4.79 Å². The van der Waals surface area contributed by atoms with E-state index >= 15 is 0 Å². The van der Waals surface area contributed by atoms with Crippen LogP contribution in [0.2, 0.25) is 0 Å². The van der Waals surface area contributed by atoms with Crippen molar-refractivity contribution in [1.82, 2.24) is 15.6 Å². The van der Waals surface area contributed by atoms with Crippen LogP contribution in [0.15, 0.2) is 12.1 Å². The van der Waals surface area contributed by atoms with Gasteiger partial charge in [0, 0.05) is 25.1 Å². The number of ether oxygens (including phenoxy) is 2. The summed E-state index contributed by atoms with van der Waals surface area (Å²) in [6, 6.07) is 3.11. The number of aliphatic hydroxyl groups excluding tert-OH is 1. The van der Waals surface area contributed by atoms with Gasteiger partial charge in [-0.3, -0.25) is 4.79 Å². The van der Waals surface area contributed by atoms with Gasteiger partial charge in [-0.25, -0.2) is 4.79 Å². The van der Waals surface area contributed by atoms with Crippen molar-refractivity contribution in [3.8, 4) is 11.8 Å². The molecule has 0 saturated heterocycles. The Morgan fingerprint density at radius 1 is 1.26 bits per heavy atom. The molecule has 3 N–H and O–H groups in total. The molecule has 0 aliphatic heterocycles.